The van der Waals surface area contributed by atoms with Crippen LogP contribution in [0.25, 0.3) is 10.2 Å². The minimum absolute atomic E-state index is 0.0253. The molecule has 4 heterocycles. The van der Waals surface area contributed by atoms with Gasteiger partial charge in [-0.3, -0.25) is 19.4 Å². The minimum Gasteiger partial charge on any atom is -0.353 e. The number of amides is 2. The van der Waals surface area contributed by atoms with Crippen LogP contribution in [0, 0.1) is 12.8 Å². The van der Waals surface area contributed by atoms with Gasteiger partial charge in [0.1, 0.15) is 16.5 Å². The Labute approximate surface area is 175 Å². The maximum Gasteiger partial charge on any atom is 0.229 e. The van der Waals surface area contributed by atoms with Crippen LogP contribution in [0.3, 0.4) is 0 Å². The van der Waals surface area contributed by atoms with Crippen molar-refractivity contribution in [2.75, 3.05) is 44.2 Å². The molecule has 0 bridgehead atoms. The molecule has 0 radical (unpaired) electrons. The van der Waals surface area contributed by atoms with E-state index in [0.717, 1.165) is 55.6 Å². The highest BCUT2D eigenvalue weighted by Gasteiger charge is 2.29. The minimum atomic E-state index is -0.0253. The second-order valence-corrected chi connectivity index (χ2v) is 9.26. The predicted molar refractivity (Wildman–Crippen MR) is 115 cm³/mol. The van der Waals surface area contributed by atoms with E-state index in [0.29, 0.717) is 25.3 Å². The first-order valence-electron chi connectivity index (χ1n) is 10.5. The number of aromatic nitrogens is 2. The maximum absolute atomic E-state index is 11.8. The molecular weight excluding hydrogens is 386 g/mol. The number of fused-ring (bicyclic) bond motifs is 1. The predicted octanol–water partition coefficient (Wildman–Crippen LogP) is 2.47. The molecule has 0 aromatic carbocycles. The highest BCUT2D eigenvalue weighted by Crippen LogP contribution is 2.34. The molecule has 0 aliphatic carbocycles. The zero-order valence-corrected chi connectivity index (χ0v) is 18.3. The number of nitrogens with zero attached hydrogens (tertiary/aromatic N) is 5. The zero-order valence-electron chi connectivity index (χ0n) is 17.5. The average Bonchev–Trinajstić information content (AvgIpc) is 3.22. The molecule has 0 atom stereocenters. The Hall–Kier alpha value is -2.06. The molecule has 0 unspecified atom stereocenters. The summed E-state index contributed by atoms with van der Waals surface area (Å²) in [6, 6.07) is 0. The van der Waals surface area contributed by atoms with Crippen LogP contribution in [0.15, 0.2) is 5.38 Å². The topological polar surface area (TPSA) is 69.6 Å². The number of thiophene rings is 1. The summed E-state index contributed by atoms with van der Waals surface area (Å²) in [5.74, 6) is 2.42. The number of hydrogen-bond donors (Lipinski definition) is 0. The molecule has 2 fully saturated rings. The number of carbonyl (C=O) groups is 2. The van der Waals surface area contributed by atoms with E-state index < -0.39 is 0 Å². The molecule has 2 aromatic heterocycles. The summed E-state index contributed by atoms with van der Waals surface area (Å²) in [6.07, 6.45) is 1.78. The molecule has 2 saturated heterocycles. The van der Waals surface area contributed by atoms with E-state index in [-0.39, 0.29) is 11.8 Å². The van der Waals surface area contributed by atoms with Crippen molar-refractivity contribution < 1.29 is 9.59 Å². The van der Waals surface area contributed by atoms with Gasteiger partial charge in [0.2, 0.25) is 11.8 Å². The molecule has 8 heteroatoms. The quantitative estimate of drug-likeness (QED) is 0.675. The molecule has 29 heavy (non-hydrogen) atoms. The van der Waals surface area contributed by atoms with E-state index in [9.17, 15) is 9.59 Å². The van der Waals surface area contributed by atoms with E-state index in [4.69, 9.17) is 4.98 Å². The van der Waals surface area contributed by atoms with Crippen molar-refractivity contribution in [3.05, 3.63) is 16.8 Å². The van der Waals surface area contributed by atoms with E-state index in [1.165, 1.54) is 15.8 Å². The molecule has 2 aliphatic rings. The smallest absolute Gasteiger partial charge is 0.229 e. The molecule has 2 aliphatic heterocycles. The number of anilines is 1. The van der Waals surface area contributed by atoms with Crippen molar-refractivity contribution in [3.63, 3.8) is 0 Å². The normalized spacial score (nSPS) is 18.6. The average molecular weight is 416 g/mol. The molecule has 2 amide bonds. The lowest BCUT2D eigenvalue weighted by Crippen LogP contribution is -2.49. The van der Waals surface area contributed by atoms with Crippen LogP contribution in [-0.2, 0) is 16.0 Å². The Bertz CT molecular complexity index is 901. The van der Waals surface area contributed by atoms with Gasteiger partial charge in [0, 0.05) is 52.1 Å². The van der Waals surface area contributed by atoms with Crippen LogP contribution >= 0.6 is 11.3 Å². The zero-order chi connectivity index (χ0) is 20.5. The highest BCUT2D eigenvalue weighted by atomic mass is 32.1. The second-order valence-electron chi connectivity index (χ2n) is 8.40. The summed E-state index contributed by atoms with van der Waals surface area (Å²) in [4.78, 5) is 40.3. The summed E-state index contributed by atoms with van der Waals surface area (Å²) in [5, 5.41) is 3.46. The van der Waals surface area contributed by atoms with Gasteiger partial charge < -0.3 is 4.90 Å². The summed E-state index contributed by atoms with van der Waals surface area (Å²) in [6.45, 7) is 11.3. The van der Waals surface area contributed by atoms with Gasteiger partial charge in [-0.05, 0) is 30.2 Å². The largest absolute Gasteiger partial charge is 0.353 e. The number of likely N-dealkylation sites (tertiary alicyclic amines) is 1. The lowest BCUT2D eigenvalue weighted by atomic mass is 10.0. The van der Waals surface area contributed by atoms with Crippen molar-refractivity contribution >= 4 is 39.2 Å². The third-order valence-electron chi connectivity index (χ3n) is 5.70. The van der Waals surface area contributed by atoms with Crippen LogP contribution in [0.2, 0.25) is 0 Å². The van der Waals surface area contributed by atoms with Crippen molar-refractivity contribution in [2.45, 2.75) is 40.0 Å². The van der Waals surface area contributed by atoms with Crippen molar-refractivity contribution in [1.82, 2.24) is 19.8 Å². The Morgan fingerprint density at radius 2 is 1.72 bits per heavy atom. The van der Waals surface area contributed by atoms with E-state index >= 15 is 0 Å². The van der Waals surface area contributed by atoms with E-state index in [2.05, 4.69) is 34.0 Å². The van der Waals surface area contributed by atoms with E-state index in [1.54, 1.807) is 11.3 Å². The molecule has 7 nitrogen and oxygen atoms in total. The number of rotatable bonds is 6. The fourth-order valence-corrected chi connectivity index (χ4v) is 5.19. The number of piperazine rings is 1. The summed E-state index contributed by atoms with van der Waals surface area (Å²) >= 11 is 1.71. The lowest BCUT2D eigenvalue weighted by molar-refractivity contribution is -0.138. The fourth-order valence-electron chi connectivity index (χ4n) is 4.20. The van der Waals surface area contributed by atoms with Gasteiger partial charge >= 0.3 is 0 Å². The first-order valence-corrected chi connectivity index (χ1v) is 11.4. The lowest BCUT2D eigenvalue weighted by Gasteiger charge is -2.36. The molecular formula is C21H29N5O2S. The second kappa shape index (κ2) is 8.36. The van der Waals surface area contributed by atoms with Gasteiger partial charge in [-0.25, -0.2) is 9.97 Å². The number of aryl methyl sites for hydroxylation is 1. The monoisotopic (exact) mass is 415 g/mol. The SMILES string of the molecule is Cc1nc(N2CCN(CCN3C(=O)CCC3=O)CC2)c2c(CC(C)C)csc2n1. The first kappa shape index (κ1) is 20.2. The number of imide groups is 1. The van der Waals surface area contributed by atoms with Crippen molar-refractivity contribution in [1.29, 1.82) is 0 Å². The van der Waals surface area contributed by atoms with E-state index in [1.807, 2.05) is 6.92 Å². The standard InChI is InChI=1S/C21H29N5O2S/c1-14(2)12-16-13-29-21-19(16)20(22-15(3)23-21)25-9-6-24(7-10-25)8-11-26-17(27)4-5-18(26)28/h13-14H,4-12H2,1-3H3. The Balaban J connectivity index is 1.44. The summed E-state index contributed by atoms with van der Waals surface area (Å²) in [7, 11) is 0. The van der Waals surface area contributed by atoms with Crippen LogP contribution in [0.5, 0.6) is 0 Å². The number of hydrogen-bond acceptors (Lipinski definition) is 7. The van der Waals surface area contributed by atoms with Crippen LogP contribution in [0.4, 0.5) is 5.82 Å². The van der Waals surface area contributed by atoms with Gasteiger partial charge in [-0.1, -0.05) is 13.8 Å². The fraction of sp³-hybridized carbons (Fsp3) is 0.619. The highest BCUT2D eigenvalue weighted by molar-refractivity contribution is 7.17. The summed E-state index contributed by atoms with van der Waals surface area (Å²) < 4.78 is 0. The van der Waals surface area contributed by atoms with Crippen molar-refractivity contribution in [2.24, 2.45) is 5.92 Å². The summed E-state index contributed by atoms with van der Waals surface area (Å²) in [5.41, 5.74) is 1.35. The van der Waals surface area contributed by atoms with Crippen LogP contribution in [-0.4, -0.2) is 70.9 Å². The van der Waals surface area contributed by atoms with Crippen LogP contribution in [0.1, 0.15) is 38.1 Å². The molecule has 0 N–H and O–H groups in total. The molecule has 0 spiro atoms. The van der Waals surface area contributed by atoms with Gasteiger partial charge in [0.25, 0.3) is 0 Å². The molecule has 0 saturated carbocycles. The maximum atomic E-state index is 11.8. The Morgan fingerprint density at radius 1 is 1.03 bits per heavy atom. The Morgan fingerprint density at radius 3 is 2.38 bits per heavy atom. The Kier molecular flexibility index (Phi) is 5.83. The van der Waals surface area contributed by atoms with Gasteiger partial charge in [0.05, 0.1) is 5.39 Å². The van der Waals surface area contributed by atoms with Gasteiger partial charge in [0.15, 0.2) is 0 Å². The van der Waals surface area contributed by atoms with Crippen LogP contribution < -0.4 is 4.90 Å². The third kappa shape index (κ3) is 4.28. The van der Waals surface area contributed by atoms with Crippen molar-refractivity contribution in [3.8, 4) is 0 Å². The number of carbonyl (C=O) groups excluding carboxylic acids is 2. The molecule has 156 valence electrons. The third-order valence-corrected chi connectivity index (χ3v) is 6.62. The van der Waals surface area contributed by atoms with Gasteiger partial charge in [-0.2, -0.15) is 0 Å². The first-order chi connectivity index (χ1) is 13.9. The van der Waals surface area contributed by atoms with Gasteiger partial charge in [-0.15, -0.1) is 11.3 Å². The molecule has 2 aromatic rings. The molecule has 4 rings (SSSR count).